The van der Waals surface area contributed by atoms with Crippen LogP contribution in [0.15, 0.2) is 65.5 Å². The smallest absolute Gasteiger partial charge is 0.261 e. The Bertz CT molecular complexity index is 1240. The maximum absolute atomic E-state index is 13.1. The summed E-state index contributed by atoms with van der Waals surface area (Å²) in [5, 5.41) is 3.90. The molecule has 0 atom stereocenters. The molecule has 0 bridgehead atoms. The van der Waals surface area contributed by atoms with E-state index in [1.807, 2.05) is 30.3 Å². The van der Waals surface area contributed by atoms with Crippen LogP contribution in [0.4, 0.5) is 0 Å². The number of hydrogen-bond donors (Lipinski definition) is 1. The number of Topliss-reactive ketones (excluding diaryl/α,β-unsaturated/α-hetero) is 1. The zero-order valence-corrected chi connectivity index (χ0v) is 15.4. The van der Waals surface area contributed by atoms with Crippen molar-refractivity contribution in [1.82, 2.24) is 9.88 Å². The molecule has 0 fully saturated rings. The summed E-state index contributed by atoms with van der Waals surface area (Å²) in [5.41, 5.74) is 0.980. The first kappa shape index (κ1) is 17.2. The van der Waals surface area contributed by atoms with E-state index in [1.54, 1.807) is 37.4 Å². The number of ketones is 1. The highest BCUT2D eigenvalue weighted by Gasteiger charge is 2.18. The SMILES string of the molecule is CNC(=O)c1cc2c(=O)n(CC(=O)c3ccccc3)c3ccccc3c2s1. The molecule has 134 valence electrons. The van der Waals surface area contributed by atoms with E-state index in [1.165, 1.54) is 15.9 Å². The minimum Gasteiger partial charge on any atom is -0.354 e. The van der Waals surface area contributed by atoms with Crippen LogP contribution in [0.25, 0.3) is 21.0 Å². The molecule has 2 aromatic carbocycles. The van der Waals surface area contributed by atoms with Crippen molar-refractivity contribution < 1.29 is 9.59 Å². The summed E-state index contributed by atoms with van der Waals surface area (Å²) in [6, 6.07) is 18.0. The van der Waals surface area contributed by atoms with Crippen LogP contribution in [0.5, 0.6) is 0 Å². The monoisotopic (exact) mass is 376 g/mol. The van der Waals surface area contributed by atoms with E-state index in [4.69, 9.17) is 0 Å². The number of pyridine rings is 1. The van der Waals surface area contributed by atoms with Crippen molar-refractivity contribution in [1.29, 1.82) is 0 Å². The molecule has 1 amide bonds. The van der Waals surface area contributed by atoms with Crippen LogP contribution < -0.4 is 10.9 Å². The van der Waals surface area contributed by atoms with Gasteiger partial charge in [-0.15, -0.1) is 11.3 Å². The normalized spacial score (nSPS) is 11.0. The number of carbonyl (C=O) groups is 2. The highest BCUT2D eigenvalue weighted by atomic mass is 32.1. The van der Waals surface area contributed by atoms with Gasteiger partial charge in [-0.1, -0.05) is 48.5 Å². The Hall–Kier alpha value is -3.25. The predicted molar refractivity (Wildman–Crippen MR) is 108 cm³/mol. The number of benzene rings is 2. The van der Waals surface area contributed by atoms with Gasteiger partial charge in [0.25, 0.3) is 11.5 Å². The molecule has 27 heavy (non-hydrogen) atoms. The number of thiophene rings is 1. The Morgan fingerprint density at radius 3 is 2.44 bits per heavy atom. The minimum atomic E-state index is -0.264. The van der Waals surface area contributed by atoms with Crippen LogP contribution in [0.3, 0.4) is 0 Å². The second-order valence-corrected chi connectivity index (χ2v) is 7.18. The van der Waals surface area contributed by atoms with Crippen molar-refractivity contribution in [2.24, 2.45) is 0 Å². The summed E-state index contributed by atoms with van der Waals surface area (Å²) in [7, 11) is 1.56. The van der Waals surface area contributed by atoms with E-state index in [0.717, 1.165) is 10.1 Å². The summed E-state index contributed by atoms with van der Waals surface area (Å²) in [6.07, 6.45) is 0. The molecular weight excluding hydrogens is 360 g/mol. The van der Waals surface area contributed by atoms with Crippen LogP contribution in [0.1, 0.15) is 20.0 Å². The van der Waals surface area contributed by atoms with E-state index in [2.05, 4.69) is 5.32 Å². The van der Waals surface area contributed by atoms with Crippen molar-refractivity contribution in [3.8, 4) is 0 Å². The Morgan fingerprint density at radius 2 is 1.70 bits per heavy atom. The van der Waals surface area contributed by atoms with Gasteiger partial charge in [0.05, 0.1) is 22.3 Å². The zero-order chi connectivity index (χ0) is 19.0. The zero-order valence-electron chi connectivity index (χ0n) is 14.6. The lowest BCUT2D eigenvalue weighted by Gasteiger charge is -2.11. The molecule has 0 aliphatic heterocycles. The molecule has 4 rings (SSSR count). The third-order valence-corrected chi connectivity index (χ3v) is 5.66. The van der Waals surface area contributed by atoms with E-state index in [-0.39, 0.29) is 23.8 Å². The molecule has 0 unspecified atom stereocenters. The highest BCUT2D eigenvalue weighted by molar-refractivity contribution is 7.21. The van der Waals surface area contributed by atoms with Crippen LogP contribution >= 0.6 is 11.3 Å². The van der Waals surface area contributed by atoms with Crippen molar-refractivity contribution in [2.75, 3.05) is 7.05 Å². The number of nitrogens with zero attached hydrogens (tertiary/aromatic N) is 1. The Balaban J connectivity index is 1.94. The molecule has 2 aromatic heterocycles. The number of aromatic nitrogens is 1. The van der Waals surface area contributed by atoms with E-state index in [9.17, 15) is 14.4 Å². The van der Waals surface area contributed by atoms with Gasteiger partial charge in [0, 0.05) is 22.7 Å². The van der Waals surface area contributed by atoms with Gasteiger partial charge in [-0.3, -0.25) is 19.0 Å². The average molecular weight is 376 g/mol. The van der Waals surface area contributed by atoms with Crippen LogP contribution in [0.2, 0.25) is 0 Å². The third kappa shape index (κ3) is 2.94. The van der Waals surface area contributed by atoms with Gasteiger partial charge in [-0.05, 0) is 12.1 Å². The Labute approximate surface area is 158 Å². The van der Waals surface area contributed by atoms with Gasteiger partial charge >= 0.3 is 0 Å². The van der Waals surface area contributed by atoms with E-state index >= 15 is 0 Å². The van der Waals surface area contributed by atoms with Gasteiger partial charge in [-0.25, -0.2) is 0 Å². The van der Waals surface area contributed by atoms with Gasteiger partial charge in [0.1, 0.15) is 0 Å². The molecule has 4 aromatic rings. The lowest BCUT2D eigenvalue weighted by Crippen LogP contribution is -2.24. The fourth-order valence-corrected chi connectivity index (χ4v) is 4.29. The van der Waals surface area contributed by atoms with Gasteiger partial charge < -0.3 is 5.32 Å². The van der Waals surface area contributed by atoms with Gasteiger partial charge in [0.2, 0.25) is 0 Å². The second-order valence-electron chi connectivity index (χ2n) is 6.13. The molecule has 2 heterocycles. The molecule has 0 aliphatic carbocycles. The summed E-state index contributed by atoms with van der Waals surface area (Å²) >= 11 is 1.29. The number of fused-ring (bicyclic) bond motifs is 3. The average Bonchev–Trinajstić information content (AvgIpc) is 3.17. The maximum atomic E-state index is 13.1. The van der Waals surface area contributed by atoms with Crippen LogP contribution in [0, 0.1) is 0 Å². The molecule has 0 aliphatic rings. The number of hydrogen-bond acceptors (Lipinski definition) is 4. The molecule has 0 spiro atoms. The van der Waals surface area contributed by atoms with Crippen molar-refractivity contribution >= 4 is 44.0 Å². The van der Waals surface area contributed by atoms with Crippen LogP contribution in [-0.2, 0) is 6.54 Å². The lowest BCUT2D eigenvalue weighted by molar-refractivity contribution is 0.0961. The van der Waals surface area contributed by atoms with E-state index in [0.29, 0.717) is 21.3 Å². The van der Waals surface area contributed by atoms with E-state index < -0.39 is 0 Å². The molecule has 0 saturated heterocycles. The first-order valence-corrected chi connectivity index (χ1v) is 9.27. The minimum absolute atomic E-state index is 0.0511. The number of para-hydroxylation sites is 1. The van der Waals surface area contributed by atoms with Crippen LogP contribution in [-0.4, -0.2) is 23.3 Å². The standard InChI is InChI=1S/C21H16N2O3S/c1-22-20(25)18-11-15-19(27-18)14-9-5-6-10-16(14)23(21(15)26)12-17(24)13-7-3-2-4-8-13/h2-11H,12H2,1H3,(H,22,25). The fraction of sp³-hybridized carbons (Fsp3) is 0.0952. The molecule has 0 saturated carbocycles. The fourth-order valence-electron chi connectivity index (χ4n) is 3.16. The summed E-state index contributed by atoms with van der Waals surface area (Å²) < 4.78 is 2.26. The predicted octanol–water partition coefficient (Wildman–Crippen LogP) is 3.46. The van der Waals surface area contributed by atoms with Crippen molar-refractivity contribution in [3.63, 3.8) is 0 Å². The highest BCUT2D eigenvalue weighted by Crippen LogP contribution is 2.30. The lowest BCUT2D eigenvalue weighted by atomic mass is 10.1. The maximum Gasteiger partial charge on any atom is 0.261 e. The topological polar surface area (TPSA) is 68.2 Å². The quantitative estimate of drug-likeness (QED) is 0.555. The molecule has 0 radical (unpaired) electrons. The first-order chi connectivity index (χ1) is 13.1. The molecule has 1 N–H and O–H groups in total. The van der Waals surface area contributed by atoms with Gasteiger partial charge in [-0.2, -0.15) is 0 Å². The number of rotatable bonds is 4. The number of amides is 1. The molecular formula is C21H16N2O3S. The van der Waals surface area contributed by atoms with Gasteiger partial charge in [0.15, 0.2) is 5.78 Å². The Kier molecular flexibility index (Phi) is 4.33. The molecule has 5 nitrogen and oxygen atoms in total. The Morgan fingerprint density at radius 1 is 1.00 bits per heavy atom. The second kappa shape index (κ2) is 6.81. The number of carbonyl (C=O) groups excluding carboxylic acids is 2. The summed E-state index contributed by atoms with van der Waals surface area (Å²) in [4.78, 5) is 38.3. The third-order valence-electron chi connectivity index (χ3n) is 4.50. The summed E-state index contributed by atoms with van der Waals surface area (Å²) in [6.45, 7) is -0.0511. The largest absolute Gasteiger partial charge is 0.354 e. The van der Waals surface area contributed by atoms with Crippen molar-refractivity contribution in [3.05, 3.63) is 81.5 Å². The first-order valence-electron chi connectivity index (χ1n) is 8.45. The van der Waals surface area contributed by atoms with Crippen molar-refractivity contribution in [2.45, 2.75) is 6.54 Å². The number of nitrogens with one attached hydrogen (secondary N) is 1. The molecule has 6 heteroatoms. The summed E-state index contributed by atoms with van der Waals surface area (Å²) in [5.74, 6) is -0.365.